The number of benzene rings is 1. The lowest BCUT2D eigenvalue weighted by Crippen LogP contribution is -2.39. The number of rotatable bonds is 2. The highest BCUT2D eigenvalue weighted by molar-refractivity contribution is 6.32. The topological polar surface area (TPSA) is 20.3 Å². The van der Waals surface area contributed by atoms with Gasteiger partial charge in [0.05, 0.1) is 0 Å². The van der Waals surface area contributed by atoms with Gasteiger partial charge in [-0.05, 0) is 36.2 Å². The second-order valence-electron chi connectivity index (χ2n) is 6.02. The molecule has 1 atom stereocenters. The van der Waals surface area contributed by atoms with Crippen LogP contribution in [-0.2, 0) is 4.79 Å². The standard InChI is InChI=1S/C16H20BNO/c1-2-15(19)18-9-7-16(8-10-18)11-14(16)12-3-5-13(17)6-4-12/h3-6,14H,2,7-11H2,1H3. The van der Waals surface area contributed by atoms with Crippen molar-refractivity contribution < 1.29 is 4.79 Å². The third-order valence-electron chi connectivity index (χ3n) is 4.94. The van der Waals surface area contributed by atoms with Crippen molar-refractivity contribution in [2.24, 2.45) is 5.41 Å². The van der Waals surface area contributed by atoms with Crippen LogP contribution in [0, 0.1) is 5.41 Å². The van der Waals surface area contributed by atoms with Gasteiger partial charge in [0.2, 0.25) is 5.91 Å². The molecule has 3 rings (SSSR count). The zero-order valence-corrected chi connectivity index (χ0v) is 11.6. The monoisotopic (exact) mass is 253 g/mol. The Bertz CT molecular complexity index is 474. The van der Waals surface area contributed by atoms with Crippen molar-refractivity contribution in [3.8, 4) is 0 Å². The van der Waals surface area contributed by atoms with E-state index in [-0.39, 0.29) is 0 Å². The van der Waals surface area contributed by atoms with Gasteiger partial charge in [0.15, 0.2) is 0 Å². The van der Waals surface area contributed by atoms with Crippen molar-refractivity contribution >= 4 is 19.2 Å². The van der Waals surface area contributed by atoms with E-state index in [1.54, 1.807) is 0 Å². The van der Waals surface area contributed by atoms with E-state index in [9.17, 15) is 4.79 Å². The SMILES string of the molecule is [B]c1ccc(C2CC23CCN(C(=O)CC)CC3)cc1. The van der Waals surface area contributed by atoms with Gasteiger partial charge in [-0.2, -0.15) is 0 Å². The minimum atomic E-state index is 0.305. The van der Waals surface area contributed by atoms with Gasteiger partial charge in [-0.3, -0.25) is 4.79 Å². The first-order valence-electron chi connectivity index (χ1n) is 7.28. The maximum absolute atomic E-state index is 11.7. The average molecular weight is 253 g/mol. The van der Waals surface area contributed by atoms with E-state index in [4.69, 9.17) is 7.85 Å². The zero-order valence-electron chi connectivity index (χ0n) is 11.6. The van der Waals surface area contributed by atoms with Crippen molar-refractivity contribution in [2.45, 2.75) is 38.5 Å². The normalized spacial score (nSPS) is 24.5. The molecule has 1 aromatic rings. The largest absolute Gasteiger partial charge is 0.343 e. The molecule has 1 unspecified atom stereocenters. The molecule has 2 nitrogen and oxygen atoms in total. The van der Waals surface area contributed by atoms with Crippen LogP contribution in [0.15, 0.2) is 24.3 Å². The quantitative estimate of drug-likeness (QED) is 0.738. The Hall–Kier alpha value is -1.25. The van der Waals surface area contributed by atoms with E-state index in [0.717, 1.165) is 31.4 Å². The predicted molar refractivity (Wildman–Crippen MR) is 77.7 cm³/mol. The van der Waals surface area contributed by atoms with Crippen LogP contribution in [0.5, 0.6) is 0 Å². The minimum absolute atomic E-state index is 0.305. The Morgan fingerprint density at radius 3 is 2.53 bits per heavy atom. The summed E-state index contributed by atoms with van der Waals surface area (Å²) in [6.45, 7) is 3.83. The molecule has 2 fully saturated rings. The van der Waals surface area contributed by atoms with Gasteiger partial charge >= 0.3 is 0 Å². The molecule has 1 saturated carbocycles. The number of piperidine rings is 1. The van der Waals surface area contributed by atoms with Crippen molar-refractivity contribution in [1.29, 1.82) is 0 Å². The van der Waals surface area contributed by atoms with E-state index in [1.807, 2.05) is 24.0 Å². The average Bonchev–Trinajstić information content (AvgIpc) is 3.13. The van der Waals surface area contributed by atoms with Crippen LogP contribution < -0.4 is 5.46 Å². The van der Waals surface area contributed by atoms with Crippen LogP contribution in [0.25, 0.3) is 0 Å². The molecule has 1 aromatic carbocycles. The van der Waals surface area contributed by atoms with Crippen molar-refractivity contribution in [3.63, 3.8) is 0 Å². The number of carbonyl (C=O) groups excluding carboxylic acids is 1. The molecule has 19 heavy (non-hydrogen) atoms. The van der Waals surface area contributed by atoms with Gasteiger partial charge in [0, 0.05) is 19.5 Å². The van der Waals surface area contributed by atoms with E-state index in [1.165, 1.54) is 12.0 Å². The summed E-state index contributed by atoms with van der Waals surface area (Å²) < 4.78 is 0. The maximum Gasteiger partial charge on any atom is 0.222 e. The highest BCUT2D eigenvalue weighted by atomic mass is 16.2. The van der Waals surface area contributed by atoms with Crippen molar-refractivity contribution in [1.82, 2.24) is 4.90 Å². The fraction of sp³-hybridized carbons (Fsp3) is 0.562. The summed E-state index contributed by atoms with van der Waals surface area (Å²) in [5.74, 6) is 0.992. The van der Waals surface area contributed by atoms with E-state index in [0.29, 0.717) is 23.7 Å². The summed E-state index contributed by atoms with van der Waals surface area (Å²) >= 11 is 0. The maximum atomic E-state index is 11.7. The molecule has 1 aliphatic heterocycles. The van der Waals surface area contributed by atoms with Gasteiger partial charge in [0.25, 0.3) is 0 Å². The number of hydrogen-bond donors (Lipinski definition) is 0. The molecular weight excluding hydrogens is 233 g/mol. The number of likely N-dealkylation sites (tertiary alicyclic amines) is 1. The molecule has 1 amide bonds. The minimum Gasteiger partial charge on any atom is -0.343 e. The first-order valence-corrected chi connectivity index (χ1v) is 7.28. The number of amides is 1. The van der Waals surface area contributed by atoms with Gasteiger partial charge < -0.3 is 4.90 Å². The molecule has 0 N–H and O–H groups in total. The molecule has 1 heterocycles. The summed E-state index contributed by atoms with van der Waals surface area (Å²) in [7, 11) is 5.74. The van der Waals surface area contributed by atoms with Gasteiger partial charge in [-0.1, -0.05) is 36.7 Å². The second kappa shape index (κ2) is 4.70. The first-order chi connectivity index (χ1) is 9.14. The molecule has 3 heteroatoms. The Kier molecular flexibility index (Phi) is 3.16. The second-order valence-corrected chi connectivity index (χ2v) is 6.02. The smallest absolute Gasteiger partial charge is 0.222 e. The predicted octanol–water partition coefficient (Wildman–Crippen LogP) is 1.99. The molecule has 2 radical (unpaired) electrons. The number of hydrogen-bond acceptors (Lipinski definition) is 1. The van der Waals surface area contributed by atoms with Gasteiger partial charge in [0.1, 0.15) is 7.85 Å². The Morgan fingerprint density at radius 1 is 1.32 bits per heavy atom. The third kappa shape index (κ3) is 2.31. The molecule has 1 saturated heterocycles. The van der Waals surface area contributed by atoms with Gasteiger partial charge in [-0.15, -0.1) is 0 Å². The lowest BCUT2D eigenvalue weighted by molar-refractivity contribution is -0.132. The molecule has 0 bridgehead atoms. The van der Waals surface area contributed by atoms with E-state index >= 15 is 0 Å². The molecule has 98 valence electrons. The van der Waals surface area contributed by atoms with E-state index in [2.05, 4.69) is 12.1 Å². The molecule has 2 aliphatic rings. The highest BCUT2D eigenvalue weighted by Crippen LogP contribution is 2.64. The van der Waals surface area contributed by atoms with Crippen LogP contribution in [0.1, 0.15) is 44.1 Å². The number of carbonyl (C=O) groups is 1. The fourth-order valence-corrected chi connectivity index (χ4v) is 3.52. The van der Waals surface area contributed by atoms with Crippen molar-refractivity contribution in [3.05, 3.63) is 29.8 Å². The fourth-order valence-electron chi connectivity index (χ4n) is 3.52. The highest BCUT2D eigenvalue weighted by Gasteiger charge is 2.55. The summed E-state index contributed by atoms with van der Waals surface area (Å²) in [4.78, 5) is 13.7. The zero-order chi connectivity index (χ0) is 13.5. The Morgan fingerprint density at radius 2 is 1.95 bits per heavy atom. The summed E-state index contributed by atoms with van der Waals surface area (Å²) in [6.07, 6.45) is 4.24. The van der Waals surface area contributed by atoms with Crippen LogP contribution in [0.3, 0.4) is 0 Å². The van der Waals surface area contributed by atoms with Crippen LogP contribution >= 0.6 is 0 Å². The summed E-state index contributed by atoms with van der Waals surface area (Å²) in [6, 6.07) is 8.32. The third-order valence-corrected chi connectivity index (χ3v) is 4.94. The number of nitrogens with zero attached hydrogens (tertiary/aromatic N) is 1. The Balaban J connectivity index is 1.63. The molecule has 1 aliphatic carbocycles. The van der Waals surface area contributed by atoms with Crippen LogP contribution in [0.2, 0.25) is 0 Å². The van der Waals surface area contributed by atoms with E-state index < -0.39 is 0 Å². The lowest BCUT2D eigenvalue weighted by Gasteiger charge is -2.33. The van der Waals surface area contributed by atoms with Crippen molar-refractivity contribution in [2.75, 3.05) is 13.1 Å². The van der Waals surface area contributed by atoms with Crippen LogP contribution in [0.4, 0.5) is 0 Å². The molecule has 0 aromatic heterocycles. The lowest BCUT2D eigenvalue weighted by atomic mass is 9.87. The molecular formula is C16H20BNO. The summed E-state index contributed by atoms with van der Waals surface area (Å²) in [5.41, 5.74) is 2.73. The summed E-state index contributed by atoms with van der Waals surface area (Å²) in [5, 5.41) is 0. The van der Waals surface area contributed by atoms with Crippen LogP contribution in [-0.4, -0.2) is 31.7 Å². The molecule has 1 spiro atoms. The van der Waals surface area contributed by atoms with Gasteiger partial charge in [-0.25, -0.2) is 0 Å². The first kappa shape index (κ1) is 12.8. The Labute approximate surface area is 116 Å².